The number of halogens is 1. The first-order valence-corrected chi connectivity index (χ1v) is 8.78. The molecule has 2 unspecified atom stereocenters. The number of aryl methyl sites for hydroxylation is 1. The largest absolute Gasteiger partial charge is 0.330 e. The molecule has 1 aromatic carbocycles. The smallest absolute Gasteiger partial charge is 0.240 e. The second-order valence-electron chi connectivity index (χ2n) is 5.42. The van der Waals surface area contributed by atoms with Gasteiger partial charge in [0.25, 0.3) is 0 Å². The molecule has 2 atom stereocenters. The van der Waals surface area contributed by atoms with Gasteiger partial charge in [-0.05, 0) is 49.9 Å². The Balaban J connectivity index is 2.19. The normalized spacial score (nSPS) is 23.8. The fourth-order valence-electron chi connectivity index (χ4n) is 2.65. The summed E-state index contributed by atoms with van der Waals surface area (Å²) >= 11 is 6.01. The van der Waals surface area contributed by atoms with Crippen LogP contribution in [0, 0.1) is 12.8 Å². The van der Waals surface area contributed by atoms with Crippen LogP contribution in [-0.2, 0) is 10.0 Å². The molecule has 0 saturated heterocycles. The standard InChI is InChI=1S/C14H21ClN2O2S/c1-10-6-7-12(8-13(10)15)20(18,19)17-14-5-3-2-4-11(14)9-16/h6-8,11,14,17H,2-5,9,16H2,1H3. The number of hydrogen-bond donors (Lipinski definition) is 2. The van der Waals surface area contributed by atoms with Gasteiger partial charge in [0, 0.05) is 11.1 Å². The third kappa shape index (κ3) is 3.52. The average Bonchev–Trinajstić information content (AvgIpc) is 2.42. The van der Waals surface area contributed by atoms with Gasteiger partial charge < -0.3 is 5.73 Å². The zero-order chi connectivity index (χ0) is 14.8. The average molecular weight is 317 g/mol. The number of nitrogens with one attached hydrogen (secondary N) is 1. The lowest BCUT2D eigenvalue weighted by Gasteiger charge is -2.31. The third-order valence-electron chi connectivity index (χ3n) is 3.97. The van der Waals surface area contributed by atoms with Gasteiger partial charge in [0.15, 0.2) is 0 Å². The predicted molar refractivity (Wildman–Crippen MR) is 81.3 cm³/mol. The van der Waals surface area contributed by atoms with Gasteiger partial charge in [0.05, 0.1) is 4.90 Å². The summed E-state index contributed by atoms with van der Waals surface area (Å²) in [6.45, 7) is 2.36. The maximum absolute atomic E-state index is 12.4. The zero-order valence-corrected chi connectivity index (χ0v) is 13.2. The molecule has 1 fully saturated rings. The van der Waals surface area contributed by atoms with E-state index >= 15 is 0 Å². The topological polar surface area (TPSA) is 72.2 Å². The lowest BCUT2D eigenvalue weighted by molar-refractivity contribution is 0.296. The van der Waals surface area contributed by atoms with Gasteiger partial charge in [0.2, 0.25) is 10.0 Å². The van der Waals surface area contributed by atoms with Crippen LogP contribution in [0.5, 0.6) is 0 Å². The van der Waals surface area contributed by atoms with Crippen molar-refractivity contribution in [1.82, 2.24) is 4.72 Å². The van der Waals surface area contributed by atoms with E-state index < -0.39 is 10.0 Å². The molecule has 1 aliphatic carbocycles. The lowest BCUT2D eigenvalue weighted by atomic mass is 9.85. The second-order valence-corrected chi connectivity index (χ2v) is 7.54. The minimum absolute atomic E-state index is 0.0705. The molecule has 4 nitrogen and oxygen atoms in total. The highest BCUT2D eigenvalue weighted by Gasteiger charge is 2.28. The van der Waals surface area contributed by atoms with Crippen molar-refractivity contribution < 1.29 is 8.42 Å². The summed E-state index contributed by atoms with van der Waals surface area (Å²) in [6, 6.07) is 4.74. The van der Waals surface area contributed by atoms with Gasteiger partial charge >= 0.3 is 0 Å². The van der Waals surface area contributed by atoms with Crippen LogP contribution in [0.3, 0.4) is 0 Å². The highest BCUT2D eigenvalue weighted by atomic mass is 35.5. The molecule has 0 aliphatic heterocycles. The maximum Gasteiger partial charge on any atom is 0.240 e. The van der Waals surface area contributed by atoms with E-state index in [1.165, 1.54) is 6.07 Å². The predicted octanol–water partition coefficient (Wildman–Crippen LogP) is 2.44. The molecule has 0 radical (unpaired) electrons. The van der Waals surface area contributed by atoms with Crippen molar-refractivity contribution in [3.8, 4) is 0 Å². The van der Waals surface area contributed by atoms with Crippen LogP contribution in [-0.4, -0.2) is 21.0 Å². The van der Waals surface area contributed by atoms with Crippen LogP contribution in [0.2, 0.25) is 5.02 Å². The van der Waals surface area contributed by atoms with Crippen molar-refractivity contribution in [2.75, 3.05) is 6.54 Å². The van der Waals surface area contributed by atoms with E-state index in [4.69, 9.17) is 17.3 Å². The highest BCUT2D eigenvalue weighted by molar-refractivity contribution is 7.89. The first-order chi connectivity index (χ1) is 9.44. The molecule has 1 aliphatic rings. The molecule has 2 rings (SSSR count). The molecule has 0 amide bonds. The Hall–Kier alpha value is -0.620. The van der Waals surface area contributed by atoms with Gasteiger partial charge in [-0.1, -0.05) is 30.5 Å². The molecular weight excluding hydrogens is 296 g/mol. The van der Waals surface area contributed by atoms with Crippen molar-refractivity contribution in [3.63, 3.8) is 0 Å². The van der Waals surface area contributed by atoms with Crippen molar-refractivity contribution in [3.05, 3.63) is 28.8 Å². The molecule has 0 spiro atoms. The molecule has 112 valence electrons. The molecular formula is C14H21ClN2O2S. The SMILES string of the molecule is Cc1ccc(S(=O)(=O)NC2CCCCC2CN)cc1Cl. The first-order valence-electron chi connectivity index (χ1n) is 6.92. The monoisotopic (exact) mass is 316 g/mol. The van der Waals surface area contributed by atoms with Crippen LogP contribution in [0.4, 0.5) is 0 Å². The van der Waals surface area contributed by atoms with Gasteiger partial charge in [-0.3, -0.25) is 0 Å². The van der Waals surface area contributed by atoms with Gasteiger partial charge in [-0.25, -0.2) is 13.1 Å². The third-order valence-corrected chi connectivity index (χ3v) is 5.87. The summed E-state index contributed by atoms with van der Waals surface area (Å²) in [5.41, 5.74) is 6.60. The summed E-state index contributed by atoms with van der Waals surface area (Å²) in [5.74, 6) is 0.222. The van der Waals surface area contributed by atoms with E-state index in [1.54, 1.807) is 12.1 Å². The Morgan fingerprint density at radius 2 is 2.05 bits per heavy atom. The van der Waals surface area contributed by atoms with Crippen molar-refractivity contribution >= 4 is 21.6 Å². The first kappa shape index (κ1) is 15.8. The Morgan fingerprint density at radius 3 is 2.70 bits per heavy atom. The molecule has 1 saturated carbocycles. The Labute approximate surface area is 125 Å². The Bertz CT molecular complexity index is 575. The molecule has 3 N–H and O–H groups in total. The van der Waals surface area contributed by atoms with Crippen LogP contribution in [0.25, 0.3) is 0 Å². The van der Waals surface area contributed by atoms with E-state index in [9.17, 15) is 8.42 Å². The summed E-state index contributed by atoms with van der Waals surface area (Å²) in [6.07, 6.45) is 3.99. The molecule has 0 bridgehead atoms. The molecule has 20 heavy (non-hydrogen) atoms. The molecule has 0 aromatic heterocycles. The van der Waals surface area contributed by atoms with Crippen LogP contribution < -0.4 is 10.5 Å². The number of benzene rings is 1. The Kier molecular flexibility index (Phi) is 5.07. The molecule has 6 heteroatoms. The van der Waals surface area contributed by atoms with Crippen molar-refractivity contribution in [1.29, 1.82) is 0 Å². The van der Waals surface area contributed by atoms with E-state index in [-0.39, 0.29) is 16.9 Å². The number of nitrogens with two attached hydrogens (primary N) is 1. The van der Waals surface area contributed by atoms with Gasteiger partial charge in [-0.15, -0.1) is 0 Å². The quantitative estimate of drug-likeness (QED) is 0.896. The summed E-state index contributed by atoms with van der Waals surface area (Å²) < 4.78 is 27.6. The number of rotatable bonds is 4. The second kappa shape index (κ2) is 6.43. The lowest BCUT2D eigenvalue weighted by Crippen LogP contribution is -2.44. The number of hydrogen-bond acceptors (Lipinski definition) is 3. The van der Waals surface area contributed by atoms with E-state index in [0.29, 0.717) is 11.6 Å². The fourth-order valence-corrected chi connectivity index (χ4v) is 4.26. The van der Waals surface area contributed by atoms with E-state index in [1.807, 2.05) is 6.92 Å². The number of sulfonamides is 1. The summed E-state index contributed by atoms with van der Waals surface area (Å²) in [4.78, 5) is 0.217. The van der Waals surface area contributed by atoms with Gasteiger partial charge in [-0.2, -0.15) is 0 Å². The van der Waals surface area contributed by atoms with Gasteiger partial charge in [0.1, 0.15) is 0 Å². The Morgan fingerprint density at radius 1 is 1.35 bits per heavy atom. The zero-order valence-electron chi connectivity index (χ0n) is 11.6. The molecule has 0 heterocycles. The summed E-state index contributed by atoms with van der Waals surface area (Å²) in [5, 5.41) is 0.465. The van der Waals surface area contributed by atoms with Crippen LogP contribution in [0.1, 0.15) is 31.2 Å². The molecule has 1 aromatic rings. The van der Waals surface area contributed by atoms with Crippen molar-refractivity contribution in [2.24, 2.45) is 11.7 Å². The van der Waals surface area contributed by atoms with E-state index in [0.717, 1.165) is 31.2 Å². The minimum atomic E-state index is -3.53. The van der Waals surface area contributed by atoms with Crippen LogP contribution in [0.15, 0.2) is 23.1 Å². The summed E-state index contributed by atoms with van der Waals surface area (Å²) in [7, 11) is -3.53. The fraction of sp³-hybridized carbons (Fsp3) is 0.571. The highest BCUT2D eigenvalue weighted by Crippen LogP contribution is 2.26. The minimum Gasteiger partial charge on any atom is -0.330 e. The van der Waals surface area contributed by atoms with E-state index in [2.05, 4.69) is 4.72 Å². The van der Waals surface area contributed by atoms with Crippen molar-refractivity contribution in [2.45, 2.75) is 43.5 Å². The maximum atomic E-state index is 12.4. The van der Waals surface area contributed by atoms with Crippen LogP contribution >= 0.6 is 11.6 Å².